The average molecular weight is 617 g/mol. The monoisotopic (exact) mass is 616 g/mol. The van der Waals surface area contributed by atoms with Crippen molar-refractivity contribution in [2.24, 2.45) is 0 Å². The van der Waals surface area contributed by atoms with E-state index in [9.17, 15) is 4.79 Å². The molecule has 3 aliphatic heterocycles. The number of carbonyl (C=O) groups is 1. The van der Waals surface area contributed by atoms with E-state index in [4.69, 9.17) is 37.9 Å². The number of hydrogen-bond donors (Lipinski definition) is 0. The van der Waals surface area contributed by atoms with Crippen LogP contribution < -0.4 is 28.4 Å². The van der Waals surface area contributed by atoms with Crippen molar-refractivity contribution in [3.8, 4) is 34.5 Å². The van der Waals surface area contributed by atoms with Crippen LogP contribution in [0.25, 0.3) is 0 Å². The fraction of sp³-hybridized carbons (Fsp3) is 0.606. The maximum Gasteiger partial charge on any atom is 0.338 e. The van der Waals surface area contributed by atoms with Gasteiger partial charge in [-0.2, -0.15) is 0 Å². The lowest BCUT2D eigenvalue weighted by Gasteiger charge is -2.37. The minimum Gasteiger partial charge on any atom is -0.493 e. The summed E-state index contributed by atoms with van der Waals surface area (Å²) >= 11 is 0. The van der Waals surface area contributed by atoms with Crippen LogP contribution in [0, 0.1) is 0 Å². The molecule has 3 heterocycles. The molecule has 2 aromatic rings. The van der Waals surface area contributed by atoms with Gasteiger partial charge in [0, 0.05) is 19.1 Å². The molecule has 11 heteroatoms. The number of piperidine rings is 1. The predicted molar refractivity (Wildman–Crippen MR) is 166 cm³/mol. The summed E-state index contributed by atoms with van der Waals surface area (Å²) < 4.78 is 45.9. The van der Waals surface area contributed by atoms with E-state index in [2.05, 4.69) is 16.8 Å². The molecule has 5 rings (SSSR count). The first-order valence-electron chi connectivity index (χ1n) is 15.3. The summed E-state index contributed by atoms with van der Waals surface area (Å²) in [6.07, 6.45) is 3.92. The van der Waals surface area contributed by atoms with Gasteiger partial charge in [-0.05, 0) is 82.1 Å². The third-order valence-corrected chi connectivity index (χ3v) is 8.41. The van der Waals surface area contributed by atoms with Gasteiger partial charge < -0.3 is 47.7 Å². The molecular formula is C33H48N2O9. The van der Waals surface area contributed by atoms with Crippen molar-refractivity contribution < 1.29 is 42.7 Å². The lowest BCUT2D eigenvalue weighted by molar-refractivity contribution is 0.0200. The van der Waals surface area contributed by atoms with Crippen molar-refractivity contribution in [2.75, 3.05) is 82.0 Å². The van der Waals surface area contributed by atoms with Gasteiger partial charge in [0.25, 0.3) is 0 Å². The molecule has 0 radical (unpaired) electrons. The Kier molecular flexibility index (Phi) is 12.6. The van der Waals surface area contributed by atoms with Crippen LogP contribution in [0.5, 0.6) is 34.5 Å². The van der Waals surface area contributed by atoms with E-state index in [-0.39, 0.29) is 6.10 Å². The SMILES string of the molecule is COc1cc(C(=O)OC2CCCOc3cc(cc(OC)c3OC)COCCN(C)C3CCN(CC2)CC3)cc(OC)c1OC. The van der Waals surface area contributed by atoms with Crippen LogP contribution in [0.15, 0.2) is 24.3 Å². The summed E-state index contributed by atoms with van der Waals surface area (Å²) in [6, 6.07) is 7.62. The summed E-state index contributed by atoms with van der Waals surface area (Å²) in [5.74, 6) is 2.51. The first kappa shape index (κ1) is 33.5. The Morgan fingerprint density at radius 3 is 2.02 bits per heavy atom. The molecule has 4 bridgehead atoms. The van der Waals surface area contributed by atoms with E-state index in [1.165, 1.54) is 21.3 Å². The van der Waals surface area contributed by atoms with Gasteiger partial charge in [0.1, 0.15) is 6.10 Å². The number of ether oxygens (including phenoxy) is 8. The number of nitrogens with zero attached hydrogens (tertiary/aromatic N) is 2. The molecule has 1 fully saturated rings. The highest BCUT2D eigenvalue weighted by Gasteiger charge is 2.25. The molecule has 244 valence electrons. The first-order valence-corrected chi connectivity index (χ1v) is 15.3. The molecule has 2 aromatic carbocycles. The van der Waals surface area contributed by atoms with Crippen LogP contribution >= 0.6 is 0 Å². The molecule has 1 saturated heterocycles. The molecule has 1 unspecified atom stereocenters. The average Bonchev–Trinajstić information content (AvgIpc) is 3.05. The molecular weight excluding hydrogens is 568 g/mol. The van der Waals surface area contributed by atoms with E-state index in [0.29, 0.717) is 78.8 Å². The Labute approximate surface area is 261 Å². The lowest BCUT2D eigenvalue weighted by Crippen LogP contribution is -2.45. The molecule has 0 spiro atoms. The molecule has 0 amide bonds. The molecule has 44 heavy (non-hydrogen) atoms. The third-order valence-electron chi connectivity index (χ3n) is 8.41. The van der Waals surface area contributed by atoms with Crippen molar-refractivity contribution in [1.82, 2.24) is 9.80 Å². The highest BCUT2D eigenvalue weighted by Crippen LogP contribution is 2.40. The highest BCUT2D eigenvalue weighted by atomic mass is 16.6. The fourth-order valence-electron chi connectivity index (χ4n) is 5.84. The van der Waals surface area contributed by atoms with E-state index in [1.54, 1.807) is 26.4 Å². The van der Waals surface area contributed by atoms with Gasteiger partial charge in [0.2, 0.25) is 11.5 Å². The second-order valence-corrected chi connectivity index (χ2v) is 11.2. The third kappa shape index (κ3) is 8.61. The number of fused-ring (bicyclic) bond motifs is 12. The van der Waals surface area contributed by atoms with Crippen LogP contribution in [0.1, 0.15) is 48.0 Å². The molecule has 0 saturated carbocycles. The zero-order valence-corrected chi connectivity index (χ0v) is 27.0. The van der Waals surface area contributed by atoms with Gasteiger partial charge in [0.05, 0.1) is 60.9 Å². The molecule has 11 nitrogen and oxygen atoms in total. The number of esters is 1. The molecule has 3 aliphatic rings. The van der Waals surface area contributed by atoms with Crippen LogP contribution in [-0.4, -0.2) is 110 Å². The smallest absolute Gasteiger partial charge is 0.338 e. The Morgan fingerprint density at radius 1 is 0.750 bits per heavy atom. The number of hydrogen-bond acceptors (Lipinski definition) is 11. The second-order valence-electron chi connectivity index (χ2n) is 11.2. The molecule has 0 aliphatic carbocycles. The van der Waals surface area contributed by atoms with Crippen molar-refractivity contribution in [2.45, 2.75) is 50.9 Å². The molecule has 1 atom stereocenters. The minimum atomic E-state index is -0.437. The number of likely N-dealkylation sites (N-methyl/N-ethyl adjacent to an activating group) is 1. The van der Waals surface area contributed by atoms with E-state index in [0.717, 1.165) is 51.0 Å². The zero-order chi connectivity index (χ0) is 31.5. The Morgan fingerprint density at radius 2 is 1.39 bits per heavy atom. The normalized spacial score (nSPS) is 22.0. The van der Waals surface area contributed by atoms with Gasteiger partial charge in [-0.3, -0.25) is 0 Å². The number of methoxy groups -OCH3 is 5. The highest BCUT2D eigenvalue weighted by molar-refractivity contribution is 5.91. The van der Waals surface area contributed by atoms with Crippen LogP contribution in [0.3, 0.4) is 0 Å². The maximum absolute atomic E-state index is 13.4. The van der Waals surface area contributed by atoms with Crippen LogP contribution in [0.4, 0.5) is 0 Å². The van der Waals surface area contributed by atoms with Gasteiger partial charge in [-0.25, -0.2) is 4.79 Å². The number of carbonyl (C=O) groups excluding carboxylic acids is 1. The Balaban J connectivity index is 1.52. The topological polar surface area (TPSA) is 97.4 Å². The second kappa shape index (κ2) is 16.6. The van der Waals surface area contributed by atoms with Gasteiger partial charge in [0.15, 0.2) is 23.0 Å². The predicted octanol–water partition coefficient (Wildman–Crippen LogP) is 4.43. The van der Waals surface area contributed by atoms with Crippen LogP contribution in [0.2, 0.25) is 0 Å². The van der Waals surface area contributed by atoms with Gasteiger partial charge in [-0.1, -0.05) is 0 Å². The van der Waals surface area contributed by atoms with Crippen molar-refractivity contribution in [3.63, 3.8) is 0 Å². The fourth-order valence-corrected chi connectivity index (χ4v) is 5.84. The largest absolute Gasteiger partial charge is 0.493 e. The number of benzene rings is 2. The van der Waals surface area contributed by atoms with Gasteiger partial charge >= 0.3 is 5.97 Å². The van der Waals surface area contributed by atoms with E-state index >= 15 is 0 Å². The molecule has 0 aromatic heterocycles. The van der Waals surface area contributed by atoms with Crippen molar-refractivity contribution >= 4 is 5.97 Å². The van der Waals surface area contributed by atoms with Gasteiger partial charge in [-0.15, -0.1) is 0 Å². The quantitative estimate of drug-likeness (QED) is 0.414. The maximum atomic E-state index is 13.4. The van der Waals surface area contributed by atoms with E-state index < -0.39 is 5.97 Å². The number of rotatable bonds is 7. The lowest BCUT2D eigenvalue weighted by atomic mass is 10.0. The Bertz CT molecular complexity index is 1190. The van der Waals surface area contributed by atoms with Crippen LogP contribution in [-0.2, 0) is 16.1 Å². The summed E-state index contributed by atoms with van der Waals surface area (Å²) in [4.78, 5) is 18.3. The van der Waals surface area contributed by atoms with Crippen molar-refractivity contribution in [1.29, 1.82) is 0 Å². The molecule has 0 N–H and O–H groups in total. The summed E-state index contributed by atoms with van der Waals surface area (Å²) in [5.41, 5.74) is 1.29. The summed E-state index contributed by atoms with van der Waals surface area (Å²) in [6.45, 7) is 5.23. The summed E-state index contributed by atoms with van der Waals surface area (Å²) in [7, 11) is 9.96. The Hall–Kier alpha value is -3.41. The first-order chi connectivity index (χ1) is 21.4. The zero-order valence-electron chi connectivity index (χ0n) is 27.0. The standard InChI is InChI=1S/C33H48N2O9/c1-34-15-17-42-22-23-18-27(37-2)32(41-6)30(19-23)43-16-7-8-26(11-14-35-12-9-25(34)10-13-35)44-33(36)24-20-28(38-3)31(40-5)29(21-24)39-4/h18-21,25-26H,7-17,22H2,1-6H3. The minimum absolute atomic E-state index is 0.302. The van der Waals surface area contributed by atoms with Crippen molar-refractivity contribution in [3.05, 3.63) is 35.4 Å². The summed E-state index contributed by atoms with van der Waals surface area (Å²) in [5, 5.41) is 0. The van der Waals surface area contributed by atoms with E-state index in [1.807, 2.05) is 12.1 Å².